The number of amides is 1. The summed E-state index contributed by atoms with van der Waals surface area (Å²) in [5, 5.41) is 8.07. The van der Waals surface area contributed by atoms with Gasteiger partial charge >= 0.3 is 0 Å². The Morgan fingerprint density at radius 2 is 1.15 bits per heavy atom. The molecule has 5 nitrogen and oxygen atoms in total. The molecule has 0 saturated heterocycles. The standard InChI is InChI=1S/C18H18N2O.C18H17NO/c1-2-11-20-15-6-4-3-5-14(15)17-12-9-10-19-18(21)13(12)7-8-16(17)20;1-2-11-19-15-6-4-3-5-14(15)18-13-8-10-17(20)12(13)7-9-16(18)19/h3-8H,2,9-11H2,1H3,(H,19,21);3-7,9H,2,8,10-11H2,1H3. The largest absolute Gasteiger partial charge is 0.352 e. The maximum atomic E-state index is 12.1. The third-order valence-electron chi connectivity index (χ3n) is 8.79. The number of carbonyl (C=O) groups is 2. The van der Waals surface area contributed by atoms with Crippen LogP contribution in [0.5, 0.6) is 0 Å². The van der Waals surface area contributed by atoms with Crippen LogP contribution in [0, 0.1) is 0 Å². The molecule has 1 N–H and O–H groups in total. The van der Waals surface area contributed by atoms with Crippen LogP contribution in [0.4, 0.5) is 0 Å². The number of benzene rings is 4. The van der Waals surface area contributed by atoms with Crippen molar-refractivity contribution in [2.45, 2.75) is 59.0 Å². The van der Waals surface area contributed by atoms with E-state index in [1.54, 1.807) is 0 Å². The van der Waals surface area contributed by atoms with Crippen molar-refractivity contribution < 1.29 is 9.59 Å². The molecule has 1 aliphatic heterocycles. The third kappa shape index (κ3) is 3.98. The van der Waals surface area contributed by atoms with Crippen LogP contribution in [-0.4, -0.2) is 27.4 Å². The molecule has 206 valence electrons. The smallest absolute Gasteiger partial charge is 0.251 e. The normalized spacial score (nSPS) is 14.4. The molecule has 4 aromatic carbocycles. The van der Waals surface area contributed by atoms with Crippen LogP contribution >= 0.6 is 0 Å². The molecule has 0 bridgehead atoms. The molecule has 0 unspecified atom stereocenters. The lowest BCUT2D eigenvalue weighted by molar-refractivity contribution is 0.0945. The SMILES string of the molecule is CCCn1c2ccccc2c2c3c(ccc21)C(=O)CC3.CCCn1c2ccccc2c2c3c(ccc21)C(=O)NCC3. The number of nitrogens with one attached hydrogen (secondary N) is 1. The Kier molecular flexibility index (Phi) is 6.38. The van der Waals surface area contributed by atoms with Crippen molar-refractivity contribution in [2.24, 2.45) is 0 Å². The quantitative estimate of drug-likeness (QED) is 0.247. The van der Waals surface area contributed by atoms with E-state index in [-0.39, 0.29) is 5.91 Å². The average Bonchev–Trinajstić information content (AvgIpc) is 3.64. The van der Waals surface area contributed by atoms with Crippen LogP contribution < -0.4 is 5.32 Å². The molecule has 2 aliphatic rings. The van der Waals surface area contributed by atoms with E-state index in [1.807, 2.05) is 12.1 Å². The highest BCUT2D eigenvalue weighted by Gasteiger charge is 2.25. The Morgan fingerprint density at radius 1 is 0.610 bits per heavy atom. The van der Waals surface area contributed by atoms with Gasteiger partial charge in [0.15, 0.2) is 5.78 Å². The second kappa shape index (κ2) is 10.2. The number of aryl methyl sites for hydroxylation is 3. The maximum Gasteiger partial charge on any atom is 0.251 e. The minimum absolute atomic E-state index is 0.0606. The number of fused-ring (bicyclic) bond motifs is 10. The predicted octanol–water partition coefficient (Wildman–Crippen LogP) is 7.82. The topological polar surface area (TPSA) is 56.0 Å². The van der Waals surface area contributed by atoms with Gasteiger partial charge in [0.2, 0.25) is 0 Å². The minimum atomic E-state index is 0.0606. The maximum absolute atomic E-state index is 12.1. The summed E-state index contributed by atoms with van der Waals surface area (Å²) in [6, 6.07) is 25.3. The molecular weight excluding hydrogens is 506 g/mol. The molecular formula is C36H35N3O2. The summed E-state index contributed by atoms with van der Waals surface area (Å²) in [5.41, 5.74) is 9.35. The lowest BCUT2D eigenvalue weighted by atomic mass is 9.95. The molecule has 0 fully saturated rings. The van der Waals surface area contributed by atoms with Crippen molar-refractivity contribution in [2.75, 3.05) is 6.54 Å². The van der Waals surface area contributed by atoms with Gasteiger partial charge in [-0.1, -0.05) is 50.2 Å². The fraction of sp³-hybridized carbons (Fsp3) is 0.278. The Balaban J connectivity index is 0.000000135. The predicted molar refractivity (Wildman–Crippen MR) is 168 cm³/mol. The van der Waals surface area contributed by atoms with Crippen molar-refractivity contribution in [1.29, 1.82) is 0 Å². The fourth-order valence-electron chi connectivity index (χ4n) is 7.11. The van der Waals surface area contributed by atoms with Crippen molar-refractivity contribution in [3.8, 4) is 0 Å². The van der Waals surface area contributed by atoms with E-state index >= 15 is 0 Å². The van der Waals surface area contributed by atoms with E-state index in [1.165, 1.54) is 54.7 Å². The summed E-state index contributed by atoms with van der Waals surface area (Å²) in [6.07, 6.45) is 4.70. The summed E-state index contributed by atoms with van der Waals surface area (Å²) < 4.78 is 4.78. The molecule has 0 saturated carbocycles. The van der Waals surface area contributed by atoms with E-state index < -0.39 is 0 Å². The fourth-order valence-corrected chi connectivity index (χ4v) is 7.11. The number of ketones is 1. The van der Waals surface area contributed by atoms with Crippen molar-refractivity contribution in [3.05, 3.63) is 95.1 Å². The van der Waals surface area contributed by atoms with Crippen LogP contribution in [0.2, 0.25) is 0 Å². The van der Waals surface area contributed by atoms with E-state index in [2.05, 4.69) is 89.0 Å². The van der Waals surface area contributed by atoms with Crippen molar-refractivity contribution >= 4 is 55.3 Å². The van der Waals surface area contributed by atoms with Crippen LogP contribution in [0.25, 0.3) is 43.6 Å². The van der Waals surface area contributed by atoms with E-state index in [0.717, 1.165) is 56.4 Å². The van der Waals surface area contributed by atoms with Crippen LogP contribution in [0.3, 0.4) is 0 Å². The van der Waals surface area contributed by atoms with Gasteiger partial charge in [0, 0.05) is 80.8 Å². The van der Waals surface area contributed by atoms with Gasteiger partial charge in [0.05, 0.1) is 0 Å². The van der Waals surface area contributed by atoms with Gasteiger partial charge in [-0.15, -0.1) is 0 Å². The lowest BCUT2D eigenvalue weighted by Crippen LogP contribution is -2.31. The highest BCUT2D eigenvalue weighted by Crippen LogP contribution is 2.37. The van der Waals surface area contributed by atoms with Gasteiger partial charge in [-0.05, 0) is 73.2 Å². The molecule has 0 atom stereocenters. The van der Waals surface area contributed by atoms with Gasteiger partial charge in [-0.3, -0.25) is 9.59 Å². The Labute approximate surface area is 239 Å². The molecule has 1 amide bonds. The van der Waals surface area contributed by atoms with Crippen molar-refractivity contribution in [3.63, 3.8) is 0 Å². The Bertz CT molecular complexity index is 1990. The molecule has 0 spiro atoms. The van der Waals surface area contributed by atoms with E-state index in [0.29, 0.717) is 12.2 Å². The lowest BCUT2D eigenvalue weighted by Gasteiger charge is -2.17. The first kappa shape index (κ1) is 25.6. The van der Waals surface area contributed by atoms with E-state index in [4.69, 9.17) is 0 Å². The Morgan fingerprint density at radius 3 is 1.73 bits per heavy atom. The number of carbonyl (C=O) groups excluding carboxylic acids is 2. The second-order valence-corrected chi connectivity index (χ2v) is 11.2. The van der Waals surface area contributed by atoms with Gasteiger partial charge in [-0.25, -0.2) is 0 Å². The molecule has 0 radical (unpaired) electrons. The number of nitrogens with zero attached hydrogens (tertiary/aromatic N) is 2. The zero-order valence-corrected chi connectivity index (χ0v) is 23.8. The first-order chi connectivity index (χ1) is 20.1. The Hall–Kier alpha value is -4.38. The number of para-hydroxylation sites is 2. The summed E-state index contributed by atoms with van der Waals surface area (Å²) >= 11 is 0. The first-order valence-electron chi connectivity index (χ1n) is 15.0. The monoisotopic (exact) mass is 541 g/mol. The zero-order valence-electron chi connectivity index (χ0n) is 23.8. The number of Topliss-reactive ketones (excluding diaryl/α,β-unsaturated/α-hetero) is 1. The average molecular weight is 542 g/mol. The first-order valence-corrected chi connectivity index (χ1v) is 15.0. The molecule has 3 heterocycles. The summed E-state index contributed by atoms with van der Waals surface area (Å²) in [4.78, 5) is 24.1. The summed E-state index contributed by atoms with van der Waals surface area (Å²) in [6.45, 7) is 7.17. The highest BCUT2D eigenvalue weighted by molar-refractivity contribution is 6.15. The molecule has 2 aromatic heterocycles. The molecule has 1 aliphatic carbocycles. The van der Waals surface area contributed by atoms with Gasteiger partial charge < -0.3 is 14.5 Å². The van der Waals surface area contributed by atoms with Crippen LogP contribution in [0.15, 0.2) is 72.8 Å². The number of hydrogen-bond acceptors (Lipinski definition) is 2. The van der Waals surface area contributed by atoms with Gasteiger partial charge in [-0.2, -0.15) is 0 Å². The van der Waals surface area contributed by atoms with Crippen LogP contribution in [0.1, 0.15) is 65.0 Å². The number of hydrogen-bond donors (Lipinski definition) is 1. The van der Waals surface area contributed by atoms with Gasteiger partial charge in [0.1, 0.15) is 0 Å². The van der Waals surface area contributed by atoms with E-state index in [9.17, 15) is 9.59 Å². The molecule has 5 heteroatoms. The van der Waals surface area contributed by atoms with Crippen LogP contribution in [-0.2, 0) is 25.9 Å². The zero-order chi connectivity index (χ0) is 28.1. The number of aromatic nitrogens is 2. The molecule has 41 heavy (non-hydrogen) atoms. The van der Waals surface area contributed by atoms with Crippen molar-refractivity contribution in [1.82, 2.24) is 14.5 Å². The highest BCUT2D eigenvalue weighted by atomic mass is 16.1. The minimum Gasteiger partial charge on any atom is -0.352 e. The second-order valence-electron chi connectivity index (χ2n) is 11.2. The molecule has 8 rings (SSSR count). The third-order valence-corrected chi connectivity index (χ3v) is 8.79. The summed E-state index contributed by atoms with van der Waals surface area (Å²) in [5.74, 6) is 0.361. The molecule has 6 aromatic rings. The van der Waals surface area contributed by atoms with Gasteiger partial charge in [0.25, 0.3) is 5.91 Å². The summed E-state index contributed by atoms with van der Waals surface area (Å²) in [7, 11) is 0. The number of rotatable bonds is 4.